The van der Waals surface area contributed by atoms with Crippen LogP contribution >= 0.6 is 0 Å². The summed E-state index contributed by atoms with van der Waals surface area (Å²) < 4.78 is 5.14. The smallest absolute Gasteiger partial charge is 0.0947 e. The lowest BCUT2D eigenvalue weighted by atomic mass is 10.0. The maximum absolute atomic E-state index is 5.14. The number of nitrogens with one attached hydrogen (secondary N) is 1. The van der Waals surface area contributed by atoms with Crippen LogP contribution in [0.3, 0.4) is 0 Å². The molecular formula is C13H22N2O. The molecule has 0 aliphatic carbocycles. The second-order valence-corrected chi connectivity index (χ2v) is 4.60. The molecule has 2 heterocycles. The standard InChI is InChI=1S/C13H22N2O/c1-2-7-15(10-12-5-8-16-11-12)13-4-3-6-14-9-13/h5,8,11,13-14H,2-4,6-7,9-10H2,1H3. The van der Waals surface area contributed by atoms with E-state index in [0.717, 1.165) is 13.1 Å². The van der Waals surface area contributed by atoms with Crippen molar-refractivity contribution in [2.24, 2.45) is 0 Å². The number of nitrogens with zero attached hydrogens (tertiary/aromatic N) is 1. The second-order valence-electron chi connectivity index (χ2n) is 4.60. The van der Waals surface area contributed by atoms with E-state index >= 15 is 0 Å². The number of hydrogen-bond acceptors (Lipinski definition) is 3. The minimum atomic E-state index is 0.698. The van der Waals surface area contributed by atoms with Gasteiger partial charge in [0.25, 0.3) is 0 Å². The molecule has 1 aromatic heterocycles. The fourth-order valence-electron chi connectivity index (χ4n) is 2.44. The van der Waals surface area contributed by atoms with Gasteiger partial charge in [0.2, 0.25) is 0 Å². The zero-order chi connectivity index (χ0) is 11.2. The van der Waals surface area contributed by atoms with E-state index in [9.17, 15) is 0 Å². The summed E-state index contributed by atoms with van der Waals surface area (Å²) in [6.07, 6.45) is 7.47. The number of rotatable bonds is 5. The van der Waals surface area contributed by atoms with E-state index in [1.165, 1.54) is 37.9 Å². The third-order valence-electron chi connectivity index (χ3n) is 3.26. The van der Waals surface area contributed by atoms with Crippen LogP contribution in [-0.2, 0) is 6.54 Å². The third-order valence-corrected chi connectivity index (χ3v) is 3.26. The maximum Gasteiger partial charge on any atom is 0.0947 e. The molecule has 1 fully saturated rings. The molecule has 0 saturated carbocycles. The molecule has 0 spiro atoms. The molecule has 1 aliphatic rings. The SMILES string of the molecule is CCCN(Cc1ccoc1)C1CCCNC1. The first kappa shape index (κ1) is 11.7. The zero-order valence-electron chi connectivity index (χ0n) is 10.1. The fourth-order valence-corrected chi connectivity index (χ4v) is 2.44. The summed E-state index contributed by atoms with van der Waals surface area (Å²) in [5, 5.41) is 3.49. The average Bonchev–Trinajstić information content (AvgIpc) is 2.83. The van der Waals surface area contributed by atoms with Gasteiger partial charge in [0, 0.05) is 24.7 Å². The molecule has 0 amide bonds. The van der Waals surface area contributed by atoms with E-state index in [1.54, 1.807) is 6.26 Å². The van der Waals surface area contributed by atoms with Crippen molar-refractivity contribution in [2.75, 3.05) is 19.6 Å². The summed E-state index contributed by atoms with van der Waals surface area (Å²) in [4.78, 5) is 2.58. The highest BCUT2D eigenvalue weighted by Crippen LogP contribution is 2.15. The van der Waals surface area contributed by atoms with Crippen LogP contribution in [-0.4, -0.2) is 30.6 Å². The van der Waals surface area contributed by atoms with Crippen LogP contribution in [0.25, 0.3) is 0 Å². The molecule has 0 bridgehead atoms. The van der Waals surface area contributed by atoms with Gasteiger partial charge in [0.05, 0.1) is 12.5 Å². The molecule has 0 aromatic carbocycles. The van der Waals surface area contributed by atoms with Gasteiger partial charge < -0.3 is 9.73 Å². The Hall–Kier alpha value is -0.800. The topological polar surface area (TPSA) is 28.4 Å². The number of furan rings is 1. The predicted octanol–water partition coefficient (Wildman–Crippen LogP) is 2.24. The molecule has 1 aromatic rings. The van der Waals surface area contributed by atoms with Crippen molar-refractivity contribution >= 4 is 0 Å². The van der Waals surface area contributed by atoms with Crippen molar-refractivity contribution in [1.29, 1.82) is 0 Å². The van der Waals surface area contributed by atoms with E-state index in [4.69, 9.17) is 4.42 Å². The Kier molecular flexibility index (Phi) is 4.43. The molecule has 0 radical (unpaired) electrons. The van der Waals surface area contributed by atoms with E-state index in [2.05, 4.69) is 23.2 Å². The predicted molar refractivity (Wildman–Crippen MR) is 65.3 cm³/mol. The Morgan fingerprint density at radius 3 is 3.12 bits per heavy atom. The first-order valence-corrected chi connectivity index (χ1v) is 6.36. The van der Waals surface area contributed by atoms with Crippen LogP contribution in [0.5, 0.6) is 0 Å². The molecule has 1 unspecified atom stereocenters. The van der Waals surface area contributed by atoms with Gasteiger partial charge >= 0.3 is 0 Å². The molecule has 1 aliphatic heterocycles. The lowest BCUT2D eigenvalue weighted by Crippen LogP contribution is -2.45. The highest BCUT2D eigenvalue weighted by molar-refractivity contribution is 5.05. The quantitative estimate of drug-likeness (QED) is 0.828. The van der Waals surface area contributed by atoms with Gasteiger partial charge in [-0.1, -0.05) is 6.92 Å². The van der Waals surface area contributed by atoms with Crippen molar-refractivity contribution < 1.29 is 4.42 Å². The summed E-state index contributed by atoms with van der Waals surface area (Å²) in [6, 6.07) is 2.77. The van der Waals surface area contributed by atoms with Crippen molar-refractivity contribution in [3.8, 4) is 0 Å². The normalized spacial score (nSPS) is 21.5. The summed E-state index contributed by atoms with van der Waals surface area (Å²) >= 11 is 0. The van der Waals surface area contributed by atoms with Gasteiger partial charge in [-0.3, -0.25) is 4.90 Å². The minimum Gasteiger partial charge on any atom is -0.472 e. The van der Waals surface area contributed by atoms with Crippen molar-refractivity contribution in [3.05, 3.63) is 24.2 Å². The molecule has 1 saturated heterocycles. The Morgan fingerprint density at radius 1 is 1.56 bits per heavy atom. The maximum atomic E-state index is 5.14. The van der Waals surface area contributed by atoms with Crippen LogP contribution < -0.4 is 5.32 Å². The second kappa shape index (κ2) is 6.06. The van der Waals surface area contributed by atoms with Gasteiger partial charge in [-0.05, 0) is 38.4 Å². The average molecular weight is 222 g/mol. The highest BCUT2D eigenvalue weighted by atomic mass is 16.3. The van der Waals surface area contributed by atoms with Crippen LogP contribution in [0.4, 0.5) is 0 Å². The van der Waals surface area contributed by atoms with Gasteiger partial charge in [-0.2, -0.15) is 0 Å². The highest BCUT2D eigenvalue weighted by Gasteiger charge is 2.20. The lowest BCUT2D eigenvalue weighted by Gasteiger charge is -2.34. The largest absolute Gasteiger partial charge is 0.472 e. The summed E-state index contributed by atoms with van der Waals surface area (Å²) in [6.45, 7) is 6.77. The Morgan fingerprint density at radius 2 is 2.50 bits per heavy atom. The number of hydrogen-bond donors (Lipinski definition) is 1. The Balaban J connectivity index is 1.92. The molecule has 3 nitrogen and oxygen atoms in total. The first-order chi connectivity index (χ1) is 7.90. The Bertz CT molecular complexity index is 278. The van der Waals surface area contributed by atoms with E-state index in [-0.39, 0.29) is 0 Å². The molecule has 3 heteroatoms. The minimum absolute atomic E-state index is 0.698. The Labute approximate surface area is 97.8 Å². The van der Waals surface area contributed by atoms with Crippen molar-refractivity contribution in [2.45, 2.75) is 38.8 Å². The van der Waals surface area contributed by atoms with Crippen molar-refractivity contribution in [3.63, 3.8) is 0 Å². The van der Waals surface area contributed by atoms with Crippen LogP contribution in [0.15, 0.2) is 23.0 Å². The van der Waals surface area contributed by atoms with Crippen molar-refractivity contribution in [1.82, 2.24) is 10.2 Å². The lowest BCUT2D eigenvalue weighted by molar-refractivity contribution is 0.157. The van der Waals surface area contributed by atoms with E-state index in [1.807, 2.05) is 6.26 Å². The van der Waals surface area contributed by atoms with Gasteiger partial charge in [-0.25, -0.2) is 0 Å². The molecule has 1 atom stereocenters. The summed E-state index contributed by atoms with van der Waals surface area (Å²) in [5.41, 5.74) is 1.29. The molecular weight excluding hydrogens is 200 g/mol. The van der Waals surface area contributed by atoms with Crippen LogP contribution in [0, 0.1) is 0 Å². The van der Waals surface area contributed by atoms with E-state index < -0.39 is 0 Å². The monoisotopic (exact) mass is 222 g/mol. The fraction of sp³-hybridized carbons (Fsp3) is 0.692. The van der Waals surface area contributed by atoms with Crippen LogP contribution in [0.1, 0.15) is 31.7 Å². The number of piperidine rings is 1. The zero-order valence-corrected chi connectivity index (χ0v) is 10.1. The molecule has 2 rings (SSSR count). The molecule has 90 valence electrons. The molecule has 1 N–H and O–H groups in total. The molecule has 16 heavy (non-hydrogen) atoms. The first-order valence-electron chi connectivity index (χ1n) is 6.36. The third kappa shape index (κ3) is 3.09. The summed E-state index contributed by atoms with van der Waals surface area (Å²) in [5.74, 6) is 0. The van der Waals surface area contributed by atoms with Gasteiger partial charge in [0.1, 0.15) is 0 Å². The van der Waals surface area contributed by atoms with Crippen LogP contribution in [0.2, 0.25) is 0 Å². The van der Waals surface area contributed by atoms with Gasteiger partial charge in [-0.15, -0.1) is 0 Å². The summed E-state index contributed by atoms with van der Waals surface area (Å²) in [7, 11) is 0. The van der Waals surface area contributed by atoms with Gasteiger partial charge in [0.15, 0.2) is 0 Å². The van der Waals surface area contributed by atoms with E-state index in [0.29, 0.717) is 6.04 Å².